The minimum absolute atomic E-state index is 0.273. The van der Waals surface area contributed by atoms with Gasteiger partial charge in [0.25, 0.3) is 0 Å². The molecule has 6 heteroatoms. The number of benzene rings is 1. The van der Waals surface area contributed by atoms with E-state index in [0.29, 0.717) is 16.7 Å². The number of hydrogen-bond donors (Lipinski definition) is 1. The number of hydrogen-bond acceptors (Lipinski definition) is 4. The van der Waals surface area contributed by atoms with Gasteiger partial charge in [-0.05, 0) is 28.1 Å². The quantitative estimate of drug-likeness (QED) is 0.937. The maximum absolute atomic E-state index is 11.3. The molecule has 0 atom stereocenters. The minimum atomic E-state index is -0.942. The van der Waals surface area contributed by atoms with Crippen LogP contribution in [-0.2, 0) is 6.54 Å². The molecule has 4 nitrogen and oxygen atoms in total. The van der Waals surface area contributed by atoms with Crippen LogP contribution in [0.2, 0.25) is 0 Å². The molecule has 0 bridgehead atoms. The van der Waals surface area contributed by atoms with Crippen LogP contribution in [0.4, 0.5) is 5.69 Å². The number of aromatic nitrogens is 1. The first-order chi connectivity index (χ1) is 8.59. The molecule has 18 heavy (non-hydrogen) atoms. The number of halogens is 1. The molecule has 0 fully saturated rings. The first-order valence-corrected chi connectivity index (χ1v) is 6.93. The second-order valence-electron chi connectivity index (χ2n) is 3.77. The summed E-state index contributed by atoms with van der Waals surface area (Å²) in [6, 6.07) is 5.34. The largest absolute Gasteiger partial charge is 0.478 e. The summed E-state index contributed by atoms with van der Waals surface area (Å²) < 4.78 is 0.581. The summed E-state index contributed by atoms with van der Waals surface area (Å²) in [6.07, 6.45) is 0. The van der Waals surface area contributed by atoms with Crippen molar-refractivity contribution in [1.29, 1.82) is 0 Å². The Bertz CT molecular complexity index is 557. The number of anilines is 1. The van der Waals surface area contributed by atoms with Crippen molar-refractivity contribution in [3.05, 3.63) is 44.8 Å². The molecule has 0 saturated carbocycles. The van der Waals surface area contributed by atoms with E-state index in [1.807, 2.05) is 23.4 Å². The SMILES string of the molecule is CN(Cc1cscn1)c1cccc(Br)c1C(=O)O. The Hall–Kier alpha value is -1.40. The molecular formula is C12H11BrN2O2S. The van der Waals surface area contributed by atoms with E-state index in [0.717, 1.165) is 5.69 Å². The highest BCUT2D eigenvalue weighted by atomic mass is 79.9. The highest BCUT2D eigenvalue weighted by Gasteiger charge is 2.17. The number of nitrogens with zero attached hydrogens (tertiary/aromatic N) is 2. The summed E-state index contributed by atoms with van der Waals surface area (Å²) in [5.74, 6) is -0.942. The van der Waals surface area contributed by atoms with Crippen molar-refractivity contribution in [2.24, 2.45) is 0 Å². The fourth-order valence-electron chi connectivity index (χ4n) is 1.69. The van der Waals surface area contributed by atoms with Crippen molar-refractivity contribution in [1.82, 2.24) is 4.98 Å². The van der Waals surface area contributed by atoms with Crippen LogP contribution in [0.15, 0.2) is 33.6 Å². The zero-order valence-electron chi connectivity index (χ0n) is 9.63. The lowest BCUT2D eigenvalue weighted by Crippen LogP contribution is -2.19. The van der Waals surface area contributed by atoms with Gasteiger partial charge in [0.2, 0.25) is 0 Å². The molecule has 2 rings (SSSR count). The minimum Gasteiger partial charge on any atom is -0.478 e. The number of thiazole rings is 1. The summed E-state index contributed by atoms with van der Waals surface area (Å²) in [5, 5.41) is 11.2. The Morgan fingerprint density at radius 3 is 2.94 bits per heavy atom. The third-order valence-corrected chi connectivity index (χ3v) is 3.80. The van der Waals surface area contributed by atoms with Gasteiger partial charge in [-0.3, -0.25) is 0 Å². The summed E-state index contributed by atoms with van der Waals surface area (Å²) in [7, 11) is 1.85. The van der Waals surface area contributed by atoms with Gasteiger partial charge in [-0.1, -0.05) is 6.07 Å². The number of rotatable bonds is 4. The van der Waals surface area contributed by atoms with Gasteiger partial charge in [0.15, 0.2) is 0 Å². The Morgan fingerprint density at radius 2 is 2.33 bits per heavy atom. The van der Waals surface area contributed by atoms with Gasteiger partial charge < -0.3 is 10.0 Å². The number of carboxylic acids is 1. The smallest absolute Gasteiger partial charge is 0.338 e. The summed E-state index contributed by atoms with van der Waals surface area (Å²) >= 11 is 4.80. The van der Waals surface area contributed by atoms with E-state index in [9.17, 15) is 9.90 Å². The zero-order valence-corrected chi connectivity index (χ0v) is 12.0. The predicted octanol–water partition coefficient (Wildman–Crippen LogP) is 3.24. The molecule has 0 aliphatic carbocycles. The molecule has 0 spiro atoms. The first-order valence-electron chi connectivity index (χ1n) is 5.19. The van der Waals surface area contributed by atoms with E-state index >= 15 is 0 Å². The zero-order chi connectivity index (χ0) is 13.1. The van der Waals surface area contributed by atoms with Gasteiger partial charge in [-0.2, -0.15) is 0 Å². The second-order valence-corrected chi connectivity index (χ2v) is 5.35. The number of aromatic carboxylic acids is 1. The van der Waals surface area contributed by atoms with Gasteiger partial charge in [0.05, 0.1) is 29.0 Å². The fourth-order valence-corrected chi connectivity index (χ4v) is 2.76. The molecule has 1 aromatic heterocycles. The fraction of sp³-hybridized carbons (Fsp3) is 0.167. The molecule has 0 saturated heterocycles. The van der Waals surface area contributed by atoms with Gasteiger partial charge >= 0.3 is 5.97 Å². The van der Waals surface area contributed by atoms with Crippen molar-refractivity contribution >= 4 is 38.9 Å². The molecule has 1 heterocycles. The molecule has 2 aromatic rings. The van der Waals surface area contributed by atoms with Crippen molar-refractivity contribution in [2.45, 2.75) is 6.54 Å². The highest BCUT2D eigenvalue weighted by molar-refractivity contribution is 9.10. The topological polar surface area (TPSA) is 53.4 Å². The van der Waals surface area contributed by atoms with E-state index in [1.54, 1.807) is 17.6 Å². The Labute approximate surface area is 117 Å². The molecule has 1 N–H and O–H groups in total. The molecule has 0 aliphatic rings. The maximum Gasteiger partial charge on any atom is 0.338 e. The molecule has 94 valence electrons. The molecule has 1 aromatic carbocycles. The van der Waals surface area contributed by atoms with E-state index in [1.165, 1.54) is 11.3 Å². The van der Waals surface area contributed by atoms with Crippen LogP contribution in [0, 0.1) is 0 Å². The van der Waals surface area contributed by atoms with E-state index in [-0.39, 0.29) is 5.56 Å². The van der Waals surface area contributed by atoms with Gasteiger partial charge in [-0.15, -0.1) is 11.3 Å². The molecule has 0 radical (unpaired) electrons. The number of carboxylic acid groups (broad SMARTS) is 1. The molecule has 0 aliphatic heterocycles. The normalized spacial score (nSPS) is 10.3. The first kappa shape index (κ1) is 13.0. The Morgan fingerprint density at radius 1 is 1.56 bits per heavy atom. The molecule has 0 unspecified atom stereocenters. The summed E-state index contributed by atoms with van der Waals surface area (Å²) in [6.45, 7) is 0.584. The van der Waals surface area contributed by atoms with Crippen molar-refractivity contribution in [2.75, 3.05) is 11.9 Å². The van der Waals surface area contributed by atoms with Crippen LogP contribution in [0.5, 0.6) is 0 Å². The van der Waals surface area contributed by atoms with E-state index in [2.05, 4.69) is 20.9 Å². The Kier molecular flexibility index (Phi) is 3.98. The van der Waals surface area contributed by atoms with Gasteiger partial charge in [0, 0.05) is 16.9 Å². The van der Waals surface area contributed by atoms with Crippen LogP contribution in [0.1, 0.15) is 16.1 Å². The lowest BCUT2D eigenvalue weighted by atomic mass is 10.1. The van der Waals surface area contributed by atoms with Crippen LogP contribution >= 0.6 is 27.3 Å². The lowest BCUT2D eigenvalue weighted by molar-refractivity contribution is 0.0696. The van der Waals surface area contributed by atoms with E-state index in [4.69, 9.17) is 0 Å². The van der Waals surface area contributed by atoms with Crippen molar-refractivity contribution in [3.8, 4) is 0 Å². The average Bonchev–Trinajstić information content (AvgIpc) is 2.80. The average molecular weight is 327 g/mol. The van der Waals surface area contributed by atoms with Crippen molar-refractivity contribution in [3.63, 3.8) is 0 Å². The van der Waals surface area contributed by atoms with Gasteiger partial charge in [0.1, 0.15) is 0 Å². The maximum atomic E-state index is 11.3. The third kappa shape index (κ3) is 2.70. The Balaban J connectivity index is 2.32. The number of carbonyl (C=O) groups is 1. The van der Waals surface area contributed by atoms with Crippen LogP contribution in [0.3, 0.4) is 0 Å². The standard InChI is InChI=1S/C12H11BrN2O2S/c1-15(5-8-6-18-7-14-8)10-4-2-3-9(13)11(10)12(16)17/h2-4,6-7H,5H2,1H3,(H,16,17). The van der Waals surface area contributed by atoms with Crippen molar-refractivity contribution < 1.29 is 9.90 Å². The van der Waals surface area contributed by atoms with Gasteiger partial charge in [-0.25, -0.2) is 9.78 Å². The predicted molar refractivity (Wildman–Crippen MR) is 75.3 cm³/mol. The molecule has 0 amide bonds. The second kappa shape index (κ2) is 5.49. The van der Waals surface area contributed by atoms with E-state index < -0.39 is 5.97 Å². The third-order valence-electron chi connectivity index (χ3n) is 2.50. The monoisotopic (exact) mass is 326 g/mol. The van der Waals surface area contributed by atoms with Crippen LogP contribution < -0.4 is 4.90 Å². The highest BCUT2D eigenvalue weighted by Crippen LogP contribution is 2.28. The summed E-state index contributed by atoms with van der Waals surface area (Å²) in [5.41, 5.74) is 3.64. The summed E-state index contributed by atoms with van der Waals surface area (Å²) in [4.78, 5) is 17.4. The van der Waals surface area contributed by atoms with Crippen LogP contribution in [0.25, 0.3) is 0 Å². The van der Waals surface area contributed by atoms with Crippen LogP contribution in [-0.4, -0.2) is 23.1 Å². The lowest BCUT2D eigenvalue weighted by Gasteiger charge is -2.20. The molecular weight excluding hydrogens is 316 g/mol.